The molecular weight excluding hydrogens is 955 g/mol. The Labute approximate surface area is 439 Å². The van der Waals surface area contributed by atoms with E-state index in [9.17, 15) is 44.1 Å². The Kier molecular flexibility index (Phi) is 24.5. The summed E-state index contributed by atoms with van der Waals surface area (Å²) in [5, 5.41) is 33.5. The summed E-state index contributed by atoms with van der Waals surface area (Å²) >= 11 is 0. The number of aliphatic hydroxyl groups excluding tert-OH is 2. The van der Waals surface area contributed by atoms with Crippen molar-refractivity contribution in [2.75, 3.05) is 48.2 Å². The number of piperidine rings is 1. The summed E-state index contributed by atoms with van der Waals surface area (Å²) in [7, 11) is 5.91. The van der Waals surface area contributed by atoms with E-state index >= 15 is 0 Å². The molecule has 2 bridgehead atoms. The Morgan fingerprint density at radius 2 is 1.59 bits per heavy atom. The topological polar surface area (TPSA) is 231 Å². The summed E-state index contributed by atoms with van der Waals surface area (Å²) in [6.45, 7) is 13.7. The molecule has 3 fully saturated rings. The van der Waals surface area contributed by atoms with Gasteiger partial charge in [-0.25, -0.2) is 4.79 Å². The van der Waals surface area contributed by atoms with E-state index in [1.54, 1.807) is 47.8 Å². The molecule has 3 N–H and O–H groups in total. The third kappa shape index (κ3) is 16.3. The lowest BCUT2D eigenvalue weighted by Gasteiger charge is -2.42. The van der Waals surface area contributed by atoms with Crippen LogP contribution in [0.25, 0.3) is 0 Å². The lowest BCUT2D eigenvalue weighted by Crippen LogP contribution is -2.61. The number of hydrogen-bond donors (Lipinski definition) is 3. The molecule has 1 aliphatic carbocycles. The highest BCUT2D eigenvalue weighted by Gasteiger charge is 2.53. The largest absolute Gasteiger partial charge is 0.460 e. The van der Waals surface area contributed by atoms with Crippen molar-refractivity contribution in [3.63, 3.8) is 0 Å². The number of rotatable bonds is 11. The van der Waals surface area contributed by atoms with Crippen LogP contribution in [-0.4, -0.2) is 158 Å². The fourth-order valence-corrected chi connectivity index (χ4v) is 11.0. The molecule has 4 rings (SSSR count). The van der Waals surface area contributed by atoms with E-state index in [1.807, 2.05) is 51.2 Å². The van der Waals surface area contributed by atoms with Crippen LogP contribution in [0.2, 0.25) is 0 Å². The molecule has 16 atom stereocenters. The van der Waals surface area contributed by atoms with E-state index in [1.165, 1.54) is 26.2 Å². The maximum absolute atomic E-state index is 14.6. The molecule has 4 aliphatic rings. The number of ketones is 3. The number of methoxy groups -OCH3 is 4. The van der Waals surface area contributed by atoms with Crippen molar-refractivity contribution in [2.45, 2.75) is 187 Å². The average molecular weight is 1040 g/mol. The van der Waals surface area contributed by atoms with Crippen LogP contribution in [0.5, 0.6) is 0 Å². The van der Waals surface area contributed by atoms with Crippen LogP contribution in [0.1, 0.15) is 132 Å². The molecule has 1 unspecified atom stereocenters. The van der Waals surface area contributed by atoms with E-state index in [2.05, 4.69) is 0 Å². The summed E-state index contributed by atoms with van der Waals surface area (Å²) < 4.78 is 40.9. The molecule has 0 spiro atoms. The van der Waals surface area contributed by atoms with Crippen molar-refractivity contribution in [1.29, 1.82) is 0 Å². The fourth-order valence-electron chi connectivity index (χ4n) is 11.0. The third-order valence-electron chi connectivity index (χ3n) is 16.0. The van der Waals surface area contributed by atoms with Crippen molar-refractivity contribution >= 4 is 35.2 Å². The lowest BCUT2D eigenvalue weighted by molar-refractivity contribution is -0.265. The predicted molar refractivity (Wildman–Crippen MR) is 276 cm³/mol. The third-order valence-corrected chi connectivity index (χ3v) is 16.0. The molecule has 1 saturated carbocycles. The van der Waals surface area contributed by atoms with E-state index in [0.717, 1.165) is 5.57 Å². The molecule has 0 aromatic rings. The summed E-state index contributed by atoms with van der Waals surface area (Å²) in [5.41, 5.74) is -0.0350. The number of fused-ring (bicyclic) bond motifs is 3. The number of amides is 1. The van der Waals surface area contributed by atoms with E-state index < -0.39 is 114 Å². The molecule has 3 aliphatic heterocycles. The van der Waals surface area contributed by atoms with Crippen molar-refractivity contribution in [3.05, 3.63) is 47.6 Å². The van der Waals surface area contributed by atoms with Crippen LogP contribution < -0.4 is 0 Å². The first-order valence-corrected chi connectivity index (χ1v) is 26.8. The molecule has 17 heteroatoms. The van der Waals surface area contributed by atoms with Crippen LogP contribution in [0.15, 0.2) is 47.6 Å². The Hall–Kier alpha value is -3.94. The second-order valence-corrected chi connectivity index (χ2v) is 22.1. The minimum absolute atomic E-state index is 0.00340. The molecular formula is C57H89NO16. The van der Waals surface area contributed by atoms with Gasteiger partial charge in [0.25, 0.3) is 11.7 Å². The predicted octanol–water partition coefficient (Wildman–Crippen LogP) is 6.38. The first kappa shape index (κ1) is 62.6. The van der Waals surface area contributed by atoms with Gasteiger partial charge in [-0.15, -0.1) is 0 Å². The van der Waals surface area contributed by atoms with Gasteiger partial charge >= 0.3 is 11.9 Å². The smallest absolute Gasteiger partial charge is 0.329 e. The van der Waals surface area contributed by atoms with Crippen molar-refractivity contribution in [2.24, 2.45) is 40.9 Å². The average Bonchev–Trinajstić information content (AvgIpc) is 3.37. The first-order valence-electron chi connectivity index (χ1n) is 26.8. The lowest BCUT2D eigenvalue weighted by atomic mass is 9.78. The second-order valence-electron chi connectivity index (χ2n) is 22.1. The standard InChI is InChI=1S/C57H89NO16/c1-34-18-14-13-15-19-35(2)46(69-10)30-42-23-21-40(7)57(67,74-42)52(63)53(64)58-25-17-16-20-43(58)54(65)72-47(31-44(60)36(3)27-39(6)50(62)51(71-12)49(61)38(5)26-34)37(4)28-41-22-24-45(48(29-41)70-11)73-55(66)56(8,32-59)33-68-9/h13-15,18-19,27,34,36-38,40-43,45-48,50-51,59,62,67H,16-17,20-26,28-33H2,1-12H3/b15-13+,18-14+,35-19+,39-27+/t34-,36-,37-,38-,40-,41+,42+,43+,45-,46+,47+,48-,50-,51+,56?,57-/m1/s1. The van der Waals surface area contributed by atoms with Gasteiger partial charge in [0.2, 0.25) is 5.79 Å². The minimum Gasteiger partial charge on any atom is -0.460 e. The highest BCUT2D eigenvalue weighted by Crippen LogP contribution is 2.38. The van der Waals surface area contributed by atoms with Crippen LogP contribution in [0.3, 0.4) is 0 Å². The number of nitrogens with zero attached hydrogens (tertiary/aromatic N) is 1. The second kappa shape index (κ2) is 29.0. The van der Waals surface area contributed by atoms with Gasteiger partial charge in [-0.05, 0) is 114 Å². The summed E-state index contributed by atoms with van der Waals surface area (Å²) in [6, 6.07) is -1.19. The van der Waals surface area contributed by atoms with Gasteiger partial charge in [-0.1, -0.05) is 71.1 Å². The molecule has 17 nitrogen and oxygen atoms in total. The highest BCUT2D eigenvalue weighted by atomic mass is 16.6. The number of allylic oxidation sites excluding steroid dienone is 6. The summed E-state index contributed by atoms with van der Waals surface area (Å²) in [6.07, 6.45) is 10.1. The highest BCUT2D eigenvalue weighted by molar-refractivity contribution is 6.39. The number of aliphatic hydroxyl groups is 3. The molecule has 2 saturated heterocycles. The maximum atomic E-state index is 14.6. The summed E-state index contributed by atoms with van der Waals surface area (Å²) in [5.74, 6) is -9.11. The first-order chi connectivity index (χ1) is 35.0. The molecule has 74 heavy (non-hydrogen) atoms. The van der Waals surface area contributed by atoms with Crippen LogP contribution in [0, 0.1) is 40.9 Å². The van der Waals surface area contributed by atoms with Gasteiger partial charge in [-0.3, -0.25) is 24.0 Å². The van der Waals surface area contributed by atoms with Crippen molar-refractivity contribution < 1.29 is 77.2 Å². The summed E-state index contributed by atoms with van der Waals surface area (Å²) in [4.78, 5) is 85.8. The van der Waals surface area contributed by atoms with Crippen LogP contribution in [-0.2, 0) is 61.9 Å². The number of esters is 2. The Balaban J connectivity index is 1.69. The fraction of sp³-hybridized carbons (Fsp3) is 0.754. The Bertz CT molecular complexity index is 2030. The zero-order valence-corrected chi connectivity index (χ0v) is 46.2. The quantitative estimate of drug-likeness (QED) is 0.116. The SMILES string of the molecule is COCC(C)(CO)C(=O)O[C@@H]1CC[C@@H](C[C@@H](C)[C@@H]2CC(=O)[C@H](C)/C=C(\C)[C@@H](O)[C@@H](OC)C(=O)[C@H](C)C[C@H](C)/C=C/C=C/C=C(\C)[C@@H](OC)C[C@@H]3CC[C@@H](C)[C@@](O)(O3)C(=O)C(=O)N3CCCC[C@H]3C(=O)O2)C[C@H]1OC. The maximum Gasteiger partial charge on any atom is 0.329 e. The minimum atomic E-state index is -2.46. The molecule has 0 radical (unpaired) electrons. The Morgan fingerprint density at radius 3 is 2.24 bits per heavy atom. The number of carbonyl (C=O) groups excluding carboxylic acids is 6. The zero-order valence-electron chi connectivity index (χ0n) is 46.2. The van der Waals surface area contributed by atoms with E-state index in [0.29, 0.717) is 69.8 Å². The number of ether oxygens (including phenoxy) is 7. The number of cyclic esters (lactones) is 1. The van der Waals surface area contributed by atoms with Gasteiger partial charge in [-0.2, -0.15) is 0 Å². The molecule has 0 aromatic carbocycles. The van der Waals surface area contributed by atoms with Gasteiger partial charge in [0, 0.05) is 65.6 Å². The molecule has 0 aromatic heterocycles. The van der Waals surface area contributed by atoms with E-state index in [-0.39, 0.29) is 49.4 Å². The van der Waals surface area contributed by atoms with E-state index in [4.69, 9.17) is 33.2 Å². The van der Waals surface area contributed by atoms with Crippen molar-refractivity contribution in [1.82, 2.24) is 4.90 Å². The number of carbonyl (C=O) groups is 6. The van der Waals surface area contributed by atoms with Crippen LogP contribution in [0.4, 0.5) is 0 Å². The van der Waals surface area contributed by atoms with Gasteiger partial charge < -0.3 is 53.4 Å². The van der Waals surface area contributed by atoms with Crippen LogP contribution >= 0.6 is 0 Å². The Morgan fingerprint density at radius 1 is 0.878 bits per heavy atom. The number of hydrogen-bond acceptors (Lipinski definition) is 16. The zero-order chi connectivity index (χ0) is 55.1. The van der Waals surface area contributed by atoms with Crippen molar-refractivity contribution in [3.8, 4) is 0 Å². The molecule has 3 heterocycles. The normalized spacial score (nSPS) is 37.7. The van der Waals surface area contributed by atoms with Gasteiger partial charge in [0.15, 0.2) is 5.78 Å². The molecule has 418 valence electrons. The van der Waals surface area contributed by atoms with Gasteiger partial charge in [0.05, 0.1) is 31.5 Å². The monoisotopic (exact) mass is 1040 g/mol. The van der Waals surface area contributed by atoms with Gasteiger partial charge in [0.1, 0.15) is 41.7 Å². The number of Topliss-reactive ketones (excluding diaryl/α,β-unsaturated/α-hetero) is 3. The molecule has 1 amide bonds.